The molecule has 1 aliphatic heterocycles. The van der Waals surface area contributed by atoms with Crippen molar-refractivity contribution in [3.8, 4) is 6.07 Å². The molecule has 138 valence electrons. The molecule has 5 heteroatoms. The summed E-state index contributed by atoms with van der Waals surface area (Å²) in [6, 6.07) is 9.22. The van der Waals surface area contributed by atoms with Gasteiger partial charge in [0.05, 0.1) is 18.7 Å². The molecule has 2 N–H and O–H groups in total. The number of nitriles is 1. The molecule has 1 heterocycles. The Bertz CT molecular complexity index is 703. The molecule has 0 unspecified atom stereocenters. The molecule has 1 aromatic rings. The predicted octanol–water partition coefficient (Wildman–Crippen LogP) is 3.41. The highest BCUT2D eigenvalue weighted by Gasteiger charge is 2.52. The number of hydrogen-bond acceptors (Lipinski definition) is 3. The van der Waals surface area contributed by atoms with Gasteiger partial charge in [0.1, 0.15) is 6.04 Å². The first-order valence-corrected chi connectivity index (χ1v) is 9.52. The number of aliphatic hydroxyl groups is 1. The summed E-state index contributed by atoms with van der Waals surface area (Å²) in [5, 5.41) is 22.7. The number of hydrogen-bond donors (Lipinski definition) is 2. The summed E-state index contributed by atoms with van der Waals surface area (Å²) in [7, 11) is 0. The van der Waals surface area contributed by atoms with Crippen LogP contribution in [0.2, 0.25) is 0 Å². The Balaban J connectivity index is 1.80. The molecule has 5 nitrogen and oxygen atoms in total. The molecule has 2 amide bonds. The van der Waals surface area contributed by atoms with Gasteiger partial charge in [-0.1, -0.05) is 55.7 Å². The molecule has 26 heavy (non-hydrogen) atoms. The lowest BCUT2D eigenvalue weighted by Gasteiger charge is -2.52. The van der Waals surface area contributed by atoms with E-state index in [-0.39, 0.29) is 30.6 Å². The van der Waals surface area contributed by atoms with E-state index >= 15 is 0 Å². The van der Waals surface area contributed by atoms with Gasteiger partial charge in [-0.15, -0.1) is 0 Å². The molecule has 2 fully saturated rings. The smallest absolute Gasteiger partial charge is 0.319 e. The number of nitrogens with one attached hydrogen (secondary N) is 1. The molecule has 2 aliphatic rings. The molecular formula is C21H27N3O2. The standard InChI is InChI=1S/C21H27N3O2/c1-2-8-15-9-6-7-12-17(15)20-18(13-22)24(19(20)14-25)21(26)23-16-10-4-3-5-11-16/h2,6-9,12,16,18-20,25H,3-5,10-11,14H2,1H3,(H,23,26)/b8-2+/t18-,19+,20+/m0/s1. The average molecular weight is 353 g/mol. The van der Waals surface area contributed by atoms with Gasteiger partial charge in [-0.25, -0.2) is 4.79 Å². The molecule has 1 saturated carbocycles. The van der Waals surface area contributed by atoms with Crippen molar-refractivity contribution in [1.29, 1.82) is 5.26 Å². The summed E-state index contributed by atoms with van der Waals surface area (Å²) in [6.45, 7) is 1.80. The van der Waals surface area contributed by atoms with E-state index in [1.165, 1.54) is 11.3 Å². The maximum Gasteiger partial charge on any atom is 0.319 e. The van der Waals surface area contributed by atoms with Crippen LogP contribution in [0, 0.1) is 11.3 Å². The normalized spacial score (nSPS) is 26.3. The molecule has 0 bridgehead atoms. The molecule has 1 saturated heterocycles. The summed E-state index contributed by atoms with van der Waals surface area (Å²) in [5.41, 5.74) is 2.05. The summed E-state index contributed by atoms with van der Waals surface area (Å²) < 4.78 is 0. The summed E-state index contributed by atoms with van der Waals surface area (Å²) in [6.07, 6.45) is 9.44. The minimum absolute atomic E-state index is 0.148. The second kappa shape index (κ2) is 8.37. The van der Waals surface area contributed by atoms with E-state index in [9.17, 15) is 15.2 Å². The highest BCUT2D eigenvalue weighted by Crippen LogP contribution is 2.42. The zero-order valence-electron chi connectivity index (χ0n) is 15.3. The number of aliphatic hydroxyl groups excluding tert-OH is 1. The van der Waals surface area contributed by atoms with Gasteiger partial charge in [-0.05, 0) is 30.9 Å². The minimum Gasteiger partial charge on any atom is -0.394 e. The van der Waals surface area contributed by atoms with Crippen LogP contribution in [0.25, 0.3) is 6.08 Å². The van der Waals surface area contributed by atoms with Gasteiger partial charge in [0.2, 0.25) is 0 Å². The number of benzene rings is 1. The SMILES string of the molecule is C/C=C/c1ccccc1[C@H]1[C@@H](CO)N(C(=O)NC2CCCCC2)[C@H]1C#N. The van der Waals surface area contributed by atoms with Gasteiger partial charge in [-0.2, -0.15) is 5.26 Å². The van der Waals surface area contributed by atoms with Gasteiger partial charge in [0.25, 0.3) is 0 Å². The maximum absolute atomic E-state index is 12.8. The van der Waals surface area contributed by atoms with E-state index in [4.69, 9.17) is 0 Å². The fraction of sp³-hybridized carbons (Fsp3) is 0.524. The average Bonchev–Trinajstić information content (AvgIpc) is 2.64. The number of nitrogens with zero attached hydrogens (tertiary/aromatic N) is 2. The zero-order chi connectivity index (χ0) is 18.5. The van der Waals surface area contributed by atoms with Crippen LogP contribution in [0.4, 0.5) is 4.79 Å². The number of carbonyl (C=O) groups is 1. The molecule has 3 atom stereocenters. The fourth-order valence-corrected chi connectivity index (χ4v) is 4.30. The summed E-state index contributed by atoms with van der Waals surface area (Å²) >= 11 is 0. The molecule has 0 spiro atoms. The second-order valence-corrected chi connectivity index (χ2v) is 7.17. The number of urea groups is 1. The van der Waals surface area contributed by atoms with Crippen molar-refractivity contribution in [3.05, 3.63) is 41.5 Å². The Morgan fingerprint density at radius 3 is 2.73 bits per heavy atom. The van der Waals surface area contributed by atoms with Crippen molar-refractivity contribution in [2.45, 2.75) is 63.1 Å². The molecule has 1 aliphatic carbocycles. The molecule has 0 aromatic heterocycles. The van der Waals surface area contributed by atoms with Crippen LogP contribution in [0.1, 0.15) is 56.1 Å². The Labute approximate surface area is 155 Å². The van der Waals surface area contributed by atoms with Gasteiger partial charge in [-0.3, -0.25) is 0 Å². The van der Waals surface area contributed by atoms with Crippen molar-refractivity contribution < 1.29 is 9.90 Å². The first-order valence-electron chi connectivity index (χ1n) is 9.52. The van der Waals surface area contributed by atoms with Gasteiger partial charge in [0.15, 0.2) is 0 Å². The zero-order valence-corrected chi connectivity index (χ0v) is 15.3. The Hall–Kier alpha value is -2.32. The molecule has 0 radical (unpaired) electrons. The van der Waals surface area contributed by atoms with Crippen LogP contribution in [0.5, 0.6) is 0 Å². The number of likely N-dealkylation sites (tertiary alicyclic amines) is 1. The lowest BCUT2D eigenvalue weighted by Crippen LogP contribution is -2.68. The molecular weight excluding hydrogens is 326 g/mol. The third kappa shape index (κ3) is 3.47. The number of rotatable bonds is 4. The lowest BCUT2D eigenvalue weighted by molar-refractivity contribution is 0.0152. The first-order chi connectivity index (χ1) is 12.7. The van der Waals surface area contributed by atoms with E-state index in [1.54, 1.807) is 0 Å². The number of carbonyl (C=O) groups excluding carboxylic acids is 1. The topological polar surface area (TPSA) is 76.4 Å². The van der Waals surface area contributed by atoms with Crippen LogP contribution in [-0.2, 0) is 0 Å². The van der Waals surface area contributed by atoms with Crippen LogP contribution < -0.4 is 5.32 Å². The third-order valence-corrected chi connectivity index (χ3v) is 5.60. The van der Waals surface area contributed by atoms with Gasteiger partial charge < -0.3 is 15.3 Å². The van der Waals surface area contributed by atoms with Crippen LogP contribution >= 0.6 is 0 Å². The van der Waals surface area contributed by atoms with Crippen molar-refractivity contribution in [3.63, 3.8) is 0 Å². The third-order valence-electron chi connectivity index (χ3n) is 5.60. The highest BCUT2D eigenvalue weighted by molar-refractivity contribution is 5.78. The van der Waals surface area contributed by atoms with Gasteiger partial charge in [0, 0.05) is 12.0 Å². The maximum atomic E-state index is 12.8. The number of amides is 2. The minimum atomic E-state index is -0.554. The Kier molecular flexibility index (Phi) is 5.95. The van der Waals surface area contributed by atoms with Crippen molar-refractivity contribution in [1.82, 2.24) is 10.2 Å². The van der Waals surface area contributed by atoms with Crippen LogP contribution in [0.15, 0.2) is 30.3 Å². The second-order valence-electron chi connectivity index (χ2n) is 7.17. The van der Waals surface area contributed by atoms with E-state index in [1.807, 2.05) is 43.3 Å². The highest BCUT2D eigenvalue weighted by atomic mass is 16.3. The quantitative estimate of drug-likeness (QED) is 0.871. The van der Waals surface area contributed by atoms with E-state index < -0.39 is 6.04 Å². The molecule has 3 rings (SSSR count). The largest absolute Gasteiger partial charge is 0.394 e. The van der Waals surface area contributed by atoms with Crippen molar-refractivity contribution in [2.75, 3.05) is 6.61 Å². The Morgan fingerprint density at radius 2 is 2.08 bits per heavy atom. The lowest BCUT2D eigenvalue weighted by atomic mass is 9.74. The fourth-order valence-electron chi connectivity index (χ4n) is 4.30. The van der Waals surface area contributed by atoms with Gasteiger partial charge >= 0.3 is 6.03 Å². The van der Waals surface area contributed by atoms with E-state index in [0.717, 1.165) is 36.8 Å². The Morgan fingerprint density at radius 1 is 1.35 bits per heavy atom. The predicted molar refractivity (Wildman–Crippen MR) is 101 cm³/mol. The van der Waals surface area contributed by atoms with Crippen LogP contribution in [-0.4, -0.2) is 40.8 Å². The van der Waals surface area contributed by atoms with Crippen molar-refractivity contribution >= 4 is 12.1 Å². The summed E-state index contributed by atoms with van der Waals surface area (Å²) in [4.78, 5) is 14.3. The summed E-state index contributed by atoms with van der Waals surface area (Å²) in [5.74, 6) is -0.172. The van der Waals surface area contributed by atoms with E-state index in [2.05, 4.69) is 11.4 Å². The van der Waals surface area contributed by atoms with Crippen LogP contribution in [0.3, 0.4) is 0 Å². The van der Waals surface area contributed by atoms with E-state index in [0.29, 0.717) is 0 Å². The first kappa shape index (κ1) is 18.5. The number of allylic oxidation sites excluding steroid dienone is 1. The van der Waals surface area contributed by atoms with Crippen molar-refractivity contribution in [2.24, 2.45) is 0 Å². The monoisotopic (exact) mass is 353 g/mol. The molecule has 1 aromatic carbocycles.